The molecule has 0 radical (unpaired) electrons. The second-order valence-corrected chi connectivity index (χ2v) is 9.46. The minimum Gasteiger partial charge on any atom is -0.392 e. The first-order valence-electron chi connectivity index (χ1n) is 11.3. The number of hydrogen-bond donors (Lipinski definition) is 2. The van der Waals surface area contributed by atoms with Gasteiger partial charge in [0, 0.05) is 32.7 Å². The van der Waals surface area contributed by atoms with Crippen molar-refractivity contribution >= 4 is 22.8 Å². The summed E-state index contributed by atoms with van der Waals surface area (Å²) in [4.78, 5) is 20.4. The normalized spacial score (nSPS) is 20.5. The summed E-state index contributed by atoms with van der Waals surface area (Å²) in [5.74, 6) is 0.513. The highest BCUT2D eigenvalue weighted by Gasteiger charge is 2.40. The maximum absolute atomic E-state index is 13.1. The fourth-order valence-corrected chi connectivity index (χ4v) is 5.23. The van der Waals surface area contributed by atoms with Gasteiger partial charge in [0.1, 0.15) is 12.0 Å². The molecule has 8 nitrogen and oxygen atoms in total. The molecular weight excluding hydrogens is 452 g/mol. The first kappa shape index (κ1) is 26.0. The molecule has 2 aromatic heterocycles. The van der Waals surface area contributed by atoms with E-state index in [1.807, 2.05) is 50.2 Å². The molecule has 0 spiro atoms. The van der Waals surface area contributed by atoms with Crippen molar-refractivity contribution in [2.45, 2.75) is 58.9 Å². The minimum absolute atomic E-state index is 0.163. The second-order valence-electron chi connectivity index (χ2n) is 8.60. The van der Waals surface area contributed by atoms with E-state index in [4.69, 9.17) is 9.26 Å². The molecular formula is C25H34N4O4S. The molecule has 1 amide bonds. The molecule has 2 aromatic rings. The Labute approximate surface area is 205 Å². The fourth-order valence-electron chi connectivity index (χ4n) is 4.29. The van der Waals surface area contributed by atoms with E-state index >= 15 is 0 Å². The predicted molar refractivity (Wildman–Crippen MR) is 133 cm³/mol. The zero-order valence-corrected chi connectivity index (χ0v) is 21.3. The third-order valence-corrected chi connectivity index (χ3v) is 6.89. The number of aliphatic hydroxyl groups is 1. The Bertz CT molecular complexity index is 1070. The van der Waals surface area contributed by atoms with E-state index in [2.05, 4.69) is 28.1 Å². The van der Waals surface area contributed by atoms with Crippen LogP contribution in [0.2, 0.25) is 0 Å². The number of aryl methyl sites for hydroxylation is 2. The molecule has 1 saturated heterocycles. The Hall–Kier alpha value is -2.59. The van der Waals surface area contributed by atoms with Crippen molar-refractivity contribution in [1.82, 2.24) is 20.4 Å². The lowest BCUT2D eigenvalue weighted by Crippen LogP contribution is -2.49. The summed E-state index contributed by atoms with van der Waals surface area (Å²) in [7, 11) is 1.59. The van der Waals surface area contributed by atoms with Crippen LogP contribution in [0.1, 0.15) is 42.3 Å². The maximum atomic E-state index is 13.1. The number of rotatable bonds is 10. The Morgan fingerprint density at radius 2 is 2.26 bits per heavy atom. The quantitative estimate of drug-likeness (QED) is 0.496. The van der Waals surface area contributed by atoms with Crippen LogP contribution in [-0.4, -0.2) is 64.6 Å². The third kappa shape index (κ3) is 6.29. The number of hydrogen-bond acceptors (Lipinski definition) is 8. The van der Waals surface area contributed by atoms with Crippen LogP contribution in [0.5, 0.6) is 0 Å². The molecule has 0 aromatic carbocycles. The van der Waals surface area contributed by atoms with Gasteiger partial charge in [-0.15, -0.1) is 11.3 Å². The first-order chi connectivity index (χ1) is 16.2. The van der Waals surface area contributed by atoms with Gasteiger partial charge in [-0.1, -0.05) is 23.9 Å². The molecule has 34 heavy (non-hydrogen) atoms. The lowest BCUT2D eigenvalue weighted by molar-refractivity contribution is -0.130. The molecule has 3 rings (SSSR count). The number of nitrogens with zero attached hydrogens (tertiary/aromatic N) is 3. The van der Waals surface area contributed by atoms with E-state index in [1.54, 1.807) is 18.4 Å². The van der Waals surface area contributed by atoms with Crippen LogP contribution in [0.3, 0.4) is 0 Å². The van der Waals surface area contributed by atoms with Gasteiger partial charge in [-0.05, 0) is 50.8 Å². The molecule has 0 saturated carbocycles. The molecule has 1 unspecified atom stereocenters. The molecule has 1 aliphatic rings. The number of carbonyl (C=O) groups excluding carboxylic acids is 1. The highest BCUT2D eigenvalue weighted by atomic mass is 32.1. The first-order valence-corrected chi connectivity index (χ1v) is 12.2. The molecule has 9 heteroatoms. The lowest BCUT2D eigenvalue weighted by Gasteiger charge is -2.30. The zero-order valence-electron chi connectivity index (χ0n) is 20.5. The maximum Gasteiger partial charge on any atom is 0.237 e. The number of aromatic nitrogens is 2. The van der Waals surface area contributed by atoms with Gasteiger partial charge in [0.05, 0.1) is 33.9 Å². The van der Waals surface area contributed by atoms with Crippen LogP contribution in [0.4, 0.5) is 0 Å². The average Bonchev–Trinajstić information content (AvgIpc) is 3.51. The van der Waals surface area contributed by atoms with Gasteiger partial charge in [0.2, 0.25) is 5.91 Å². The highest BCUT2D eigenvalue weighted by molar-refractivity contribution is 7.11. The van der Waals surface area contributed by atoms with Crippen LogP contribution >= 0.6 is 11.3 Å². The predicted octanol–water partition coefficient (Wildman–Crippen LogP) is 3.42. The molecule has 3 heterocycles. The summed E-state index contributed by atoms with van der Waals surface area (Å²) in [5.41, 5.74) is 6.59. The summed E-state index contributed by atoms with van der Waals surface area (Å²) in [6, 6.07) is 1.34. The number of amides is 1. The van der Waals surface area contributed by atoms with E-state index in [9.17, 15) is 9.90 Å². The number of allylic oxidation sites excluding steroid dienone is 3. The summed E-state index contributed by atoms with van der Waals surface area (Å²) >= 11 is 1.61. The standard InChI is InChI=1S/C25H34N4O4S/c1-7-21(24-18(5)27-14-34-24)16(3)8-15(2)12-26-25(31)22-10-19(30)13-29(22)23(32-6)11-20-9-17(4)28-33-20/h7-9,14,19,22-23,30H,2,10-13H2,1,3-6H3,(H,26,31)/b16-8-,21-7+/t19-,22+,23?/m1/s1. The van der Waals surface area contributed by atoms with E-state index in [0.29, 0.717) is 31.7 Å². The number of aliphatic hydroxyl groups excluding tert-OH is 1. The molecule has 2 N–H and O–H groups in total. The summed E-state index contributed by atoms with van der Waals surface area (Å²) in [6.07, 6.45) is 3.82. The van der Waals surface area contributed by atoms with Gasteiger partial charge in [0.25, 0.3) is 0 Å². The Kier molecular flexibility index (Phi) is 8.96. The van der Waals surface area contributed by atoms with Crippen LogP contribution in [-0.2, 0) is 16.0 Å². The van der Waals surface area contributed by atoms with E-state index in [1.165, 1.54) is 0 Å². The van der Waals surface area contributed by atoms with E-state index in [0.717, 1.165) is 33.0 Å². The van der Waals surface area contributed by atoms with Gasteiger partial charge >= 0.3 is 0 Å². The van der Waals surface area contributed by atoms with Crippen molar-refractivity contribution in [1.29, 1.82) is 0 Å². The van der Waals surface area contributed by atoms with Crippen LogP contribution < -0.4 is 5.32 Å². The summed E-state index contributed by atoms with van der Waals surface area (Å²) in [6.45, 7) is 12.7. The van der Waals surface area contributed by atoms with Crippen molar-refractivity contribution in [2.75, 3.05) is 20.2 Å². The number of nitrogens with one attached hydrogen (secondary N) is 1. The van der Waals surface area contributed by atoms with Gasteiger partial charge in [-0.2, -0.15) is 0 Å². The van der Waals surface area contributed by atoms with E-state index in [-0.39, 0.29) is 5.91 Å². The third-order valence-electron chi connectivity index (χ3n) is 5.93. The summed E-state index contributed by atoms with van der Waals surface area (Å²) < 4.78 is 11.0. The van der Waals surface area contributed by atoms with Crippen molar-refractivity contribution in [3.8, 4) is 0 Å². The molecule has 3 atom stereocenters. The largest absolute Gasteiger partial charge is 0.392 e. The van der Waals surface area contributed by atoms with Crippen LogP contribution in [0.25, 0.3) is 5.57 Å². The van der Waals surface area contributed by atoms with Gasteiger partial charge in [-0.3, -0.25) is 9.69 Å². The number of β-amino-alcohol motifs (C(OH)–C–C–N with tert-alkyl or cyclic N) is 1. The molecule has 1 aliphatic heterocycles. The Balaban J connectivity index is 1.62. The number of carbonyl (C=O) groups is 1. The Morgan fingerprint density at radius 3 is 2.85 bits per heavy atom. The number of ether oxygens (including phenoxy) is 1. The average molecular weight is 487 g/mol. The number of methoxy groups -OCH3 is 1. The molecule has 0 aliphatic carbocycles. The number of thiazole rings is 1. The SMILES string of the molecule is C=C(/C=C(C)\C(=C/C)c1scnc1C)CNC(=O)[C@@H]1C[C@@H](O)CN1C(Cc1cc(C)no1)OC. The summed E-state index contributed by atoms with van der Waals surface area (Å²) in [5, 5.41) is 17.2. The van der Waals surface area contributed by atoms with E-state index < -0.39 is 18.4 Å². The second kappa shape index (κ2) is 11.7. The smallest absolute Gasteiger partial charge is 0.237 e. The molecule has 0 bridgehead atoms. The zero-order chi connectivity index (χ0) is 24.8. The van der Waals surface area contributed by atoms with Crippen molar-refractivity contribution < 1.29 is 19.2 Å². The molecule has 184 valence electrons. The Morgan fingerprint density at radius 1 is 1.50 bits per heavy atom. The number of likely N-dealkylation sites (tertiary alicyclic amines) is 1. The van der Waals surface area contributed by atoms with Crippen LogP contribution in [0, 0.1) is 13.8 Å². The molecule has 1 fully saturated rings. The van der Waals surface area contributed by atoms with Gasteiger partial charge in [-0.25, -0.2) is 4.98 Å². The monoisotopic (exact) mass is 486 g/mol. The van der Waals surface area contributed by atoms with Crippen LogP contribution in [0.15, 0.2) is 46.0 Å². The lowest BCUT2D eigenvalue weighted by atomic mass is 10.0. The topological polar surface area (TPSA) is 101 Å². The highest BCUT2D eigenvalue weighted by Crippen LogP contribution is 2.29. The van der Waals surface area contributed by atoms with Gasteiger partial charge in [0.15, 0.2) is 0 Å². The fraction of sp³-hybridized carbons (Fsp3) is 0.480. The van der Waals surface area contributed by atoms with Gasteiger partial charge < -0.3 is 19.7 Å². The van der Waals surface area contributed by atoms with Crippen molar-refractivity contribution in [3.05, 3.63) is 63.5 Å². The minimum atomic E-state index is -0.602. The van der Waals surface area contributed by atoms with Crippen molar-refractivity contribution in [3.63, 3.8) is 0 Å². The van der Waals surface area contributed by atoms with Crippen molar-refractivity contribution in [2.24, 2.45) is 0 Å².